The molecular weight excluding hydrogens is 378 g/mol. The molecule has 25 heavy (non-hydrogen) atoms. The molecule has 0 aromatic heterocycles. The van der Waals surface area contributed by atoms with E-state index in [-0.39, 0.29) is 40.3 Å². The summed E-state index contributed by atoms with van der Waals surface area (Å²) >= 11 is 11.8. The number of hydrogen-bond acceptors (Lipinski definition) is 7. The molecule has 1 aliphatic heterocycles. The molecule has 0 bridgehead atoms. The number of halogens is 3. The summed E-state index contributed by atoms with van der Waals surface area (Å²) in [6.45, 7) is -0.510. The Hall–Kier alpha value is -2.34. The fourth-order valence-corrected chi connectivity index (χ4v) is 2.84. The van der Waals surface area contributed by atoms with Gasteiger partial charge in [0.15, 0.2) is 5.82 Å². The highest BCUT2D eigenvalue weighted by Gasteiger charge is 2.35. The number of methoxy groups -OCH3 is 2. The zero-order valence-corrected chi connectivity index (χ0v) is 14.6. The molecule has 0 saturated heterocycles. The molecule has 0 atom stereocenters. The number of benzene rings is 1. The zero-order valence-electron chi connectivity index (χ0n) is 13.1. The molecular formula is C15H11Cl2FN2O5. The van der Waals surface area contributed by atoms with Crippen LogP contribution in [-0.2, 0) is 23.8 Å². The van der Waals surface area contributed by atoms with Crippen molar-refractivity contribution in [3.05, 3.63) is 38.8 Å². The number of rotatable bonds is 3. The van der Waals surface area contributed by atoms with Gasteiger partial charge in [0.1, 0.15) is 24.1 Å². The summed E-state index contributed by atoms with van der Waals surface area (Å²) < 4.78 is 28.8. The van der Waals surface area contributed by atoms with Gasteiger partial charge in [-0.25, -0.2) is 14.0 Å². The van der Waals surface area contributed by atoms with Gasteiger partial charge in [-0.2, -0.15) is 5.26 Å². The van der Waals surface area contributed by atoms with Crippen LogP contribution in [0.25, 0.3) is 0 Å². The van der Waals surface area contributed by atoms with E-state index in [1.54, 1.807) is 6.07 Å². The SMILES string of the molecule is COC(=O)C1=C(C(=O)OC)N(c2c(Cl)cc(Cl)c(F)c2C#N)COC1. The predicted molar refractivity (Wildman–Crippen MR) is 85.5 cm³/mol. The molecule has 2 rings (SSSR count). The van der Waals surface area contributed by atoms with Crippen LogP contribution in [0.15, 0.2) is 17.3 Å². The lowest BCUT2D eigenvalue weighted by molar-refractivity contribution is -0.140. The van der Waals surface area contributed by atoms with Gasteiger partial charge in [-0.3, -0.25) is 0 Å². The van der Waals surface area contributed by atoms with E-state index in [4.69, 9.17) is 27.9 Å². The maximum absolute atomic E-state index is 14.2. The van der Waals surface area contributed by atoms with Gasteiger partial charge >= 0.3 is 11.9 Å². The van der Waals surface area contributed by atoms with Crippen LogP contribution in [0.5, 0.6) is 0 Å². The summed E-state index contributed by atoms with van der Waals surface area (Å²) in [6, 6.07) is 2.73. The molecule has 0 spiro atoms. The van der Waals surface area contributed by atoms with Gasteiger partial charge in [0.05, 0.1) is 42.1 Å². The van der Waals surface area contributed by atoms with E-state index in [0.717, 1.165) is 25.2 Å². The Kier molecular flexibility index (Phi) is 5.85. The Morgan fingerprint density at radius 1 is 1.28 bits per heavy atom. The van der Waals surface area contributed by atoms with E-state index >= 15 is 0 Å². The van der Waals surface area contributed by atoms with Crippen molar-refractivity contribution in [3.8, 4) is 6.07 Å². The molecule has 0 saturated carbocycles. The number of hydrogen-bond donors (Lipinski definition) is 0. The Labute approximate surface area is 152 Å². The van der Waals surface area contributed by atoms with Gasteiger partial charge in [-0.1, -0.05) is 23.2 Å². The number of carbonyl (C=O) groups is 2. The molecule has 1 aromatic rings. The molecule has 0 amide bonds. The third-order valence-electron chi connectivity index (χ3n) is 3.36. The number of carbonyl (C=O) groups excluding carboxylic acids is 2. The molecule has 0 unspecified atom stereocenters. The van der Waals surface area contributed by atoms with Crippen LogP contribution in [0.1, 0.15) is 5.56 Å². The van der Waals surface area contributed by atoms with Crippen LogP contribution in [0.4, 0.5) is 10.1 Å². The first-order chi connectivity index (χ1) is 11.9. The molecule has 0 N–H and O–H groups in total. The maximum Gasteiger partial charge on any atom is 0.355 e. The van der Waals surface area contributed by atoms with Crippen molar-refractivity contribution >= 4 is 40.8 Å². The van der Waals surface area contributed by atoms with Gasteiger partial charge < -0.3 is 19.1 Å². The lowest BCUT2D eigenvalue weighted by Gasteiger charge is -2.32. The minimum Gasteiger partial charge on any atom is -0.466 e. The Morgan fingerprint density at radius 2 is 1.92 bits per heavy atom. The van der Waals surface area contributed by atoms with Crippen molar-refractivity contribution in [1.29, 1.82) is 5.26 Å². The van der Waals surface area contributed by atoms with Crippen LogP contribution in [0, 0.1) is 17.1 Å². The van der Waals surface area contributed by atoms with Crippen LogP contribution >= 0.6 is 23.2 Å². The molecule has 1 heterocycles. The molecule has 7 nitrogen and oxygen atoms in total. The van der Waals surface area contributed by atoms with Gasteiger partial charge in [-0.15, -0.1) is 0 Å². The highest BCUT2D eigenvalue weighted by molar-refractivity contribution is 6.37. The largest absolute Gasteiger partial charge is 0.466 e. The van der Waals surface area contributed by atoms with E-state index in [2.05, 4.69) is 9.47 Å². The molecule has 132 valence electrons. The average Bonchev–Trinajstić information content (AvgIpc) is 2.62. The summed E-state index contributed by atoms with van der Waals surface area (Å²) in [5, 5.41) is 8.81. The summed E-state index contributed by atoms with van der Waals surface area (Å²) in [5.41, 5.74) is -1.10. The second kappa shape index (κ2) is 7.70. The number of nitriles is 1. The van der Waals surface area contributed by atoms with Crippen LogP contribution in [0.2, 0.25) is 10.0 Å². The Bertz CT molecular complexity index is 819. The predicted octanol–water partition coefficient (Wildman–Crippen LogP) is 2.40. The normalized spacial score (nSPS) is 14.2. The van der Waals surface area contributed by atoms with Crippen molar-refractivity contribution in [2.45, 2.75) is 0 Å². The highest BCUT2D eigenvalue weighted by atomic mass is 35.5. The van der Waals surface area contributed by atoms with E-state index in [9.17, 15) is 19.2 Å². The van der Waals surface area contributed by atoms with Crippen molar-refractivity contribution in [1.82, 2.24) is 0 Å². The smallest absolute Gasteiger partial charge is 0.355 e. The third-order valence-corrected chi connectivity index (χ3v) is 3.92. The van der Waals surface area contributed by atoms with Gasteiger partial charge in [0, 0.05) is 0 Å². The Morgan fingerprint density at radius 3 is 2.48 bits per heavy atom. The molecule has 1 aliphatic rings. The highest BCUT2D eigenvalue weighted by Crippen LogP contribution is 2.39. The fraction of sp³-hybridized carbons (Fsp3) is 0.267. The maximum atomic E-state index is 14.2. The first kappa shape index (κ1) is 19.0. The zero-order chi connectivity index (χ0) is 18.7. The summed E-state index contributed by atoms with van der Waals surface area (Å²) in [5.74, 6) is -2.76. The van der Waals surface area contributed by atoms with E-state index < -0.39 is 23.3 Å². The van der Waals surface area contributed by atoms with E-state index in [1.807, 2.05) is 0 Å². The molecule has 0 aliphatic carbocycles. The second-order valence-corrected chi connectivity index (χ2v) is 5.52. The van der Waals surface area contributed by atoms with Crippen molar-refractivity contribution in [2.75, 3.05) is 32.5 Å². The van der Waals surface area contributed by atoms with Crippen molar-refractivity contribution in [2.24, 2.45) is 0 Å². The summed E-state index contributed by atoms with van der Waals surface area (Å²) in [7, 11) is 2.23. The Balaban J connectivity index is 2.77. The van der Waals surface area contributed by atoms with Gasteiger partial charge in [0.25, 0.3) is 0 Å². The molecule has 0 radical (unpaired) electrons. The van der Waals surface area contributed by atoms with E-state index in [0.29, 0.717) is 0 Å². The standard InChI is InChI=1S/C15H11Cl2FN2O5/c1-23-14(21)8-5-25-6-20(13(8)15(22)24-2)12-7(4-19)11(18)9(16)3-10(12)17/h3H,5-6H2,1-2H3. The van der Waals surface area contributed by atoms with Gasteiger partial charge in [-0.05, 0) is 6.07 Å². The van der Waals surface area contributed by atoms with Crippen molar-refractivity contribution < 1.29 is 28.2 Å². The monoisotopic (exact) mass is 388 g/mol. The average molecular weight is 389 g/mol. The first-order valence-electron chi connectivity index (χ1n) is 6.70. The minimum atomic E-state index is -1.02. The fourth-order valence-electron chi connectivity index (χ4n) is 2.27. The third kappa shape index (κ3) is 3.39. The number of anilines is 1. The van der Waals surface area contributed by atoms with Crippen LogP contribution < -0.4 is 4.90 Å². The van der Waals surface area contributed by atoms with Crippen molar-refractivity contribution in [3.63, 3.8) is 0 Å². The number of ether oxygens (including phenoxy) is 3. The topological polar surface area (TPSA) is 88.9 Å². The minimum absolute atomic E-state index is 0.112. The number of nitrogens with zero attached hydrogens (tertiary/aromatic N) is 2. The summed E-state index contributed by atoms with van der Waals surface area (Å²) in [6.07, 6.45) is 0. The quantitative estimate of drug-likeness (QED) is 0.579. The van der Waals surface area contributed by atoms with Crippen LogP contribution in [-0.4, -0.2) is 39.5 Å². The summed E-state index contributed by atoms with van der Waals surface area (Å²) in [4.78, 5) is 25.2. The molecule has 10 heteroatoms. The lowest BCUT2D eigenvalue weighted by atomic mass is 10.1. The molecule has 1 aromatic carbocycles. The molecule has 0 fully saturated rings. The number of esters is 2. The van der Waals surface area contributed by atoms with E-state index in [1.165, 1.54) is 0 Å². The van der Waals surface area contributed by atoms with Gasteiger partial charge in [0.2, 0.25) is 0 Å². The first-order valence-corrected chi connectivity index (χ1v) is 7.45. The second-order valence-electron chi connectivity index (χ2n) is 4.71. The lowest BCUT2D eigenvalue weighted by Crippen LogP contribution is -2.39. The van der Waals surface area contributed by atoms with Crippen LogP contribution in [0.3, 0.4) is 0 Å².